The van der Waals surface area contributed by atoms with E-state index in [1.807, 2.05) is 16.7 Å². The van der Waals surface area contributed by atoms with Crippen LogP contribution in [-0.2, 0) is 6.54 Å². The number of piperidine rings is 1. The number of pyridine rings is 1. The standard InChI is InChI=1S/C33H31FN4O5/c1-42-29-13-11-25(16-30(29)43-2)35-33(41)22-8-12-28(26(15-22)36-32(40)21-6-9-24(34)10-7-21)37-17-20-14-23(19-37)27-4-3-5-31(39)38(27)18-20/h3-13,15-16,20,23H,14,17-19H2,1-2H3,(H,35,41)(H,36,40). The molecule has 0 radical (unpaired) electrons. The number of benzene rings is 3. The van der Waals surface area contributed by atoms with Gasteiger partial charge < -0.3 is 29.6 Å². The molecule has 2 aliphatic heterocycles. The van der Waals surface area contributed by atoms with Gasteiger partial charge in [0.2, 0.25) is 0 Å². The molecule has 6 rings (SSSR count). The van der Waals surface area contributed by atoms with Crippen molar-refractivity contribution in [1.29, 1.82) is 0 Å². The maximum Gasteiger partial charge on any atom is 0.255 e. The van der Waals surface area contributed by atoms with Gasteiger partial charge in [-0.2, -0.15) is 0 Å². The van der Waals surface area contributed by atoms with E-state index in [1.165, 1.54) is 38.5 Å². The molecule has 0 saturated carbocycles. The summed E-state index contributed by atoms with van der Waals surface area (Å²) in [7, 11) is 3.05. The van der Waals surface area contributed by atoms with Crippen molar-refractivity contribution in [3.8, 4) is 11.5 Å². The van der Waals surface area contributed by atoms with Crippen LogP contribution < -0.4 is 30.6 Å². The third kappa shape index (κ3) is 5.68. The second-order valence-corrected chi connectivity index (χ2v) is 10.8. The summed E-state index contributed by atoms with van der Waals surface area (Å²) in [6, 6.07) is 21.0. The first-order valence-corrected chi connectivity index (χ1v) is 14.0. The summed E-state index contributed by atoms with van der Waals surface area (Å²) in [6.07, 6.45) is 0.975. The number of aromatic nitrogens is 1. The quantitative estimate of drug-likeness (QED) is 0.313. The molecule has 1 fully saturated rings. The molecule has 2 atom stereocenters. The number of amides is 2. The Kier molecular flexibility index (Phi) is 7.58. The smallest absolute Gasteiger partial charge is 0.255 e. The SMILES string of the molecule is COc1ccc(NC(=O)c2ccc(N3CC4CC(C3)c3cccc(=O)n3C4)c(NC(=O)c3ccc(F)cc3)c2)cc1OC. The van der Waals surface area contributed by atoms with Crippen LogP contribution in [0.25, 0.3) is 0 Å². The number of ether oxygens (including phenoxy) is 2. The zero-order valence-corrected chi connectivity index (χ0v) is 23.8. The molecule has 2 amide bonds. The fraction of sp³-hybridized carbons (Fsp3) is 0.242. The molecule has 2 N–H and O–H groups in total. The lowest BCUT2D eigenvalue weighted by Crippen LogP contribution is -2.47. The van der Waals surface area contributed by atoms with E-state index in [-0.39, 0.29) is 28.9 Å². The molecule has 9 nitrogen and oxygen atoms in total. The maximum absolute atomic E-state index is 13.5. The normalized spacial score (nSPS) is 17.0. The Balaban J connectivity index is 1.32. The minimum Gasteiger partial charge on any atom is -0.493 e. The van der Waals surface area contributed by atoms with Crippen LogP contribution in [0.2, 0.25) is 0 Å². The molecule has 0 aliphatic carbocycles. The highest BCUT2D eigenvalue weighted by Gasteiger charge is 2.35. The number of hydrogen-bond donors (Lipinski definition) is 2. The van der Waals surface area contributed by atoms with E-state index in [0.717, 1.165) is 17.8 Å². The summed E-state index contributed by atoms with van der Waals surface area (Å²) in [6.45, 7) is 1.97. The van der Waals surface area contributed by atoms with Gasteiger partial charge in [-0.25, -0.2) is 4.39 Å². The first-order chi connectivity index (χ1) is 20.8. The largest absolute Gasteiger partial charge is 0.493 e. The Hall–Kier alpha value is -5.12. The molecule has 1 aromatic heterocycles. The zero-order chi connectivity index (χ0) is 30.1. The topological polar surface area (TPSA) is 102 Å². The van der Waals surface area contributed by atoms with Gasteiger partial charge in [0.25, 0.3) is 17.4 Å². The third-order valence-electron chi connectivity index (χ3n) is 8.08. The van der Waals surface area contributed by atoms with Gasteiger partial charge in [0.1, 0.15) is 5.82 Å². The number of carbonyl (C=O) groups is 2. The molecular formula is C33H31FN4O5. The fourth-order valence-corrected chi connectivity index (χ4v) is 6.06. The molecule has 2 aliphatic rings. The number of methoxy groups -OCH3 is 2. The number of nitrogens with one attached hydrogen (secondary N) is 2. The van der Waals surface area contributed by atoms with E-state index in [1.54, 1.807) is 42.5 Å². The van der Waals surface area contributed by atoms with Gasteiger partial charge >= 0.3 is 0 Å². The van der Waals surface area contributed by atoms with Crippen LogP contribution in [0.5, 0.6) is 11.5 Å². The van der Waals surface area contributed by atoms with E-state index in [2.05, 4.69) is 15.5 Å². The van der Waals surface area contributed by atoms with Crippen molar-refractivity contribution in [2.75, 3.05) is 42.8 Å². The highest BCUT2D eigenvalue weighted by molar-refractivity contribution is 6.09. The van der Waals surface area contributed by atoms with Crippen molar-refractivity contribution in [3.63, 3.8) is 0 Å². The number of halogens is 1. The Labute approximate surface area is 247 Å². The van der Waals surface area contributed by atoms with Gasteiger partial charge in [-0.3, -0.25) is 14.4 Å². The second-order valence-electron chi connectivity index (χ2n) is 10.8. The van der Waals surface area contributed by atoms with E-state index < -0.39 is 11.7 Å². The van der Waals surface area contributed by atoms with E-state index >= 15 is 0 Å². The van der Waals surface area contributed by atoms with Gasteiger partial charge in [-0.1, -0.05) is 6.07 Å². The summed E-state index contributed by atoms with van der Waals surface area (Å²) >= 11 is 0. The highest BCUT2D eigenvalue weighted by atomic mass is 19.1. The van der Waals surface area contributed by atoms with Crippen LogP contribution in [0.3, 0.4) is 0 Å². The monoisotopic (exact) mass is 582 g/mol. The number of anilines is 3. The zero-order valence-electron chi connectivity index (χ0n) is 23.8. The molecule has 4 aromatic rings. The minimum absolute atomic E-state index is 0.0118. The molecule has 3 aromatic carbocycles. The maximum atomic E-state index is 13.5. The summed E-state index contributed by atoms with van der Waals surface area (Å²) in [5.41, 5.74) is 3.38. The Morgan fingerprint density at radius 1 is 0.814 bits per heavy atom. The Bertz CT molecular complexity index is 1750. The lowest BCUT2D eigenvalue weighted by molar-refractivity contribution is 0.101. The molecule has 1 saturated heterocycles. The van der Waals surface area contributed by atoms with Crippen molar-refractivity contribution in [3.05, 3.63) is 112 Å². The predicted molar refractivity (Wildman–Crippen MR) is 162 cm³/mol. The van der Waals surface area contributed by atoms with Crippen LogP contribution in [0, 0.1) is 11.7 Å². The average Bonchev–Trinajstić information content (AvgIpc) is 3.01. The van der Waals surface area contributed by atoms with E-state index in [0.29, 0.717) is 48.1 Å². The molecule has 2 bridgehead atoms. The van der Waals surface area contributed by atoms with Crippen LogP contribution in [0.4, 0.5) is 21.5 Å². The van der Waals surface area contributed by atoms with E-state index in [9.17, 15) is 18.8 Å². The first kappa shape index (κ1) is 28.0. The molecular weight excluding hydrogens is 551 g/mol. The van der Waals surface area contributed by atoms with Gasteiger partial charge in [-0.15, -0.1) is 0 Å². The molecule has 220 valence electrons. The van der Waals surface area contributed by atoms with Crippen molar-refractivity contribution < 1.29 is 23.5 Å². The van der Waals surface area contributed by atoms with Crippen molar-refractivity contribution in [2.24, 2.45) is 5.92 Å². The van der Waals surface area contributed by atoms with Crippen LogP contribution in [0.15, 0.2) is 83.7 Å². The van der Waals surface area contributed by atoms with Crippen molar-refractivity contribution >= 4 is 28.9 Å². The number of fused-ring (bicyclic) bond motifs is 4. The van der Waals surface area contributed by atoms with Crippen molar-refractivity contribution in [2.45, 2.75) is 18.9 Å². The number of hydrogen-bond acceptors (Lipinski definition) is 6. The predicted octanol–water partition coefficient (Wildman–Crippen LogP) is 5.13. The van der Waals surface area contributed by atoms with Gasteiger partial charge in [0, 0.05) is 60.2 Å². The van der Waals surface area contributed by atoms with Crippen LogP contribution in [-0.4, -0.2) is 43.7 Å². The lowest BCUT2D eigenvalue weighted by Gasteiger charge is -2.44. The second kappa shape index (κ2) is 11.6. The van der Waals surface area contributed by atoms with Crippen molar-refractivity contribution in [1.82, 2.24) is 4.57 Å². The summed E-state index contributed by atoms with van der Waals surface area (Å²) < 4.78 is 26.0. The van der Waals surface area contributed by atoms with E-state index in [4.69, 9.17) is 9.47 Å². The molecule has 0 spiro atoms. The van der Waals surface area contributed by atoms with Crippen LogP contribution in [0.1, 0.15) is 38.7 Å². The van der Waals surface area contributed by atoms with Gasteiger partial charge in [0.15, 0.2) is 11.5 Å². The molecule has 10 heteroatoms. The molecule has 2 unspecified atom stereocenters. The summed E-state index contributed by atoms with van der Waals surface area (Å²) in [4.78, 5) is 41.3. The lowest BCUT2D eigenvalue weighted by atomic mass is 9.83. The molecule has 43 heavy (non-hydrogen) atoms. The van der Waals surface area contributed by atoms with Gasteiger partial charge in [-0.05, 0) is 73.0 Å². The Morgan fingerprint density at radius 3 is 2.33 bits per heavy atom. The number of rotatable bonds is 7. The fourth-order valence-electron chi connectivity index (χ4n) is 6.06. The first-order valence-electron chi connectivity index (χ1n) is 14.0. The number of carbonyl (C=O) groups excluding carboxylic acids is 2. The highest BCUT2D eigenvalue weighted by Crippen LogP contribution is 2.39. The average molecular weight is 583 g/mol. The Morgan fingerprint density at radius 2 is 1.56 bits per heavy atom. The summed E-state index contributed by atoms with van der Waals surface area (Å²) in [5.74, 6) is 0.171. The van der Waals surface area contributed by atoms with Crippen LogP contribution >= 0.6 is 0 Å². The third-order valence-corrected chi connectivity index (χ3v) is 8.08. The minimum atomic E-state index is -0.440. The van der Waals surface area contributed by atoms with Gasteiger partial charge in [0.05, 0.1) is 25.6 Å². The molecule has 3 heterocycles. The number of nitrogens with zero attached hydrogens (tertiary/aromatic N) is 2. The summed E-state index contributed by atoms with van der Waals surface area (Å²) in [5, 5.41) is 5.83.